The van der Waals surface area contributed by atoms with E-state index >= 15 is 0 Å². The molecular weight excluding hydrogens is 479 g/mol. The third kappa shape index (κ3) is 7.11. The third-order valence-corrected chi connectivity index (χ3v) is 5.63. The molecule has 2 atom stereocenters. The van der Waals surface area contributed by atoms with Crippen LogP contribution in [0.15, 0.2) is 29.3 Å². The summed E-state index contributed by atoms with van der Waals surface area (Å²) in [5, 5.41) is 9.80. The Morgan fingerprint density at radius 2 is 1.97 bits per heavy atom. The number of carbonyl (C=O) groups excluding carboxylic acids is 1. The first-order chi connectivity index (χ1) is 13.5. The number of fused-ring (bicyclic) bond motifs is 1. The average Bonchev–Trinajstić information content (AvgIpc) is 2.69. The quantitative estimate of drug-likeness (QED) is 0.307. The molecule has 1 saturated heterocycles. The van der Waals surface area contributed by atoms with Crippen LogP contribution < -0.4 is 16.0 Å². The van der Waals surface area contributed by atoms with Crippen LogP contribution in [-0.2, 0) is 4.79 Å². The summed E-state index contributed by atoms with van der Waals surface area (Å²) in [5.74, 6) is 1.58. The fourth-order valence-corrected chi connectivity index (χ4v) is 3.93. The maximum absolute atomic E-state index is 12.0. The molecular formula is C21H35IN6O. The maximum Gasteiger partial charge on any atom is 0.225 e. The molecule has 7 nitrogen and oxygen atoms in total. The minimum atomic E-state index is 0. The number of para-hydroxylation sites is 1. The van der Waals surface area contributed by atoms with Gasteiger partial charge in [-0.2, -0.15) is 0 Å². The van der Waals surface area contributed by atoms with E-state index in [0.29, 0.717) is 18.9 Å². The minimum absolute atomic E-state index is 0. The Kier molecular flexibility index (Phi) is 9.64. The number of anilines is 1. The van der Waals surface area contributed by atoms with Crippen molar-refractivity contribution in [2.75, 3.05) is 65.2 Å². The topological polar surface area (TPSA) is 72.0 Å². The van der Waals surface area contributed by atoms with Crippen LogP contribution in [0.1, 0.15) is 24.8 Å². The number of piperazine rings is 1. The van der Waals surface area contributed by atoms with Gasteiger partial charge in [-0.05, 0) is 24.6 Å². The van der Waals surface area contributed by atoms with Gasteiger partial charge in [0.05, 0.1) is 0 Å². The molecule has 0 spiro atoms. The van der Waals surface area contributed by atoms with E-state index < -0.39 is 0 Å². The second-order valence-corrected chi connectivity index (χ2v) is 8.08. The number of amides is 1. The Morgan fingerprint density at radius 3 is 2.69 bits per heavy atom. The molecule has 2 unspecified atom stereocenters. The largest absolute Gasteiger partial charge is 0.356 e. The Morgan fingerprint density at radius 1 is 1.24 bits per heavy atom. The summed E-state index contributed by atoms with van der Waals surface area (Å²) in [6.07, 6.45) is 0.501. The minimum Gasteiger partial charge on any atom is -0.356 e. The summed E-state index contributed by atoms with van der Waals surface area (Å²) in [5.41, 5.74) is 2.11. The predicted molar refractivity (Wildman–Crippen MR) is 130 cm³/mol. The molecule has 29 heavy (non-hydrogen) atoms. The van der Waals surface area contributed by atoms with Crippen molar-refractivity contribution in [2.24, 2.45) is 10.9 Å². The van der Waals surface area contributed by atoms with Crippen molar-refractivity contribution in [3.63, 3.8) is 0 Å². The van der Waals surface area contributed by atoms with Crippen LogP contribution in [0.2, 0.25) is 0 Å². The number of guanidine groups is 1. The first kappa shape index (κ1) is 23.9. The zero-order valence-corrected chi connectivity index (χ0v) is 20.1. The second-order valence-electron chi connectivity index (χ2n) is 8.08. The number of nitrogens with one attached hydrogen (secondary N) is 3. The lowest BCUT2D eigenvalue weighted by molar-refractivity contribution is -0.116. The Labute approximate surface area is 191 Å². The van der Waals surface area contributed by atoms with Gasteiger partial charge >= 0.3 is 0 Å². The molecule has 0 radical (unpaired) electrons. The van der Waals surface area contributed by atoms with Crippen molar-refractivity contribution in [1.82, 2.24) is 20.4 Å². The standard InChI is InChI=1S/C21H34N6O.HI/c1-16(15-27-10-8-26(3)9-11-27)13-23-21(22-2)24-14-17-12-20(28)25-19-7-5-4-6-18(17)19;/h4-7,16-17H,8-15H2,1-3H3,(H,25,28)(H2,22,23,24);1H. The van der Waals surface area contributed by atoms with Gasteiger partial charge in [-0.25, -0.2) is 0 Å². The third-order valence-electron chi connectivity index (χ3n) is 5.63. The lowest BCUT2D eigenvalue weighted by Gasteiger charge is -2.34. The van der Waals surface area contributed by atoms with Gasteiger partial charge in [0, 0.05) is 70.9 Å². The number of rotatable bonds is 6. The molecule has 3 N–H and O–H groups in total. The van der Waals surface area contributed by atoms with Crippen LogP contribution in [0.3, 0.4) is 0 Å². The van der Waals surface area contributed by atoms with Crippen LogP contribution in [0.5, 0.6) is 0 Å². The van der Waals surface area contributed by atoms with Crippen molar-refractivity contribution in [1.29, 1.82) is 0 Å². The van der Waals surface area contributed by atoms with Gasteiger partial charge in [0.2, 0.25) is 5.91 Å². The lowest BCUT2D eigenvalue weighted by atomic mass is 9.90. The molecule has 3 rings (SSSR count). The van der Waals surface area contributed by atoms with Crippen molar-refractivity contribution in [2.45, 2.75) is 19.3 Å². The van der Waals surface area contributed by atoms with Gasteiger partial charge in [-0.3, -0.25) is 9.79 Å². The number of hydrogen-bond donors (Lipinski definition) is 3. The van der Waals surface area contributed by atoms with E-state index in [4.69, 9.17) is 0 Å². The normalized spacial score (nSPS) is 21.6. The fraction of sp³-hybridized carbons (Fsp3) is 0.619. The van der Waals surface area contributed by atoms with Crippen LogP contribution in [0.25, 0.3) is 0 Å². The second kappa shape index (κ2) is 11.7. The highest BCUT2D eigenvalue weighted by atomic mass is 127. The van der Waals surface area contributed by atoms with E-state index in [2.05, 4.69) is 50.8 Å². The number of aliphatic imine (C=N–C) groups is 1. The number of nitrogens with zero attached hydrogens (tertiary/aromatic N) is 3. The van der Waals surface area contributed by atoms with Gasteiger partial charge in [-0.1, -0.05) is 25.1 Å². The molecule has 0 saturated carbocycles. The van der Waals surface area contributed by atoms with Gasteiger partial charge < -0.3 is 25.8 Å². The van der Waals surface area contributed by atoms with E-state index in [-0.39, 0.29) is 35.8 Å². The first-order valence-electron chi connectivity index (χ1n) is 10.3. The average molecular weight is 514 g/mol. The molecule has 2 aliphatic rings. The van der Waals surface area contributed by atoms with Crippen molar-refractivity contribution in [3.8, 4) is 0 Å². The van der Waals surface area contributed by atoms with Gasteiger partial charge in [0.25, 0.3) is 0 Å². The summed E-state index contributed by atoms with van der Waals surface area (Å²) in [4.78, 5) is 21.3. The van der Waals surface area contributed by atoms with E-state index in [9.17, 15) is 4.79 Å². The summed E-state index contributed by atoms with van der Waals surface area (Å²) in [6.45, 7) is 9.56. The number of likely N-dealkylation sites (N-methyl/N-ethyl adjacent to an activating group) is 1. The summed E-state index contributed by atoms with van der Waals surface area (Å²) < 4.78 is 0. The Balaban J connectivity index is 0.00000300. The van der Waals surface area contributed by atoms with E-state index in [1.165, 1.54) is 5.56 Å². The van der Waals surface area contributed by atoms with E-state index in [1.807, 2.05) is 18.2 Å². The van der Waals surface area contributed by atoms with Crippen LogP contribution in [0.4, 0.5) is 5.69 Å². The number of carbonyl (C=O) groups is 1. The summed E-state index contributed by atoms with van der Waals surface area (Å²) >= 11 is 0. The van der Waals surface area contributed by atoms with Crippen LogP contribution in [0, 0.1) is 5.92 Å². The van der Waals surface area contributed by atoms with Crippen molar-refractivity contribution >= 4 is 41.5 Å². The molecule has 1 fully saturated rings. The monoisotopic (exact) mass is 514 g/mol. The fourth-order valence-electron chi connectivity index (χ4n) is 3.93. The Hall–Kier alpha value is -1.39. The Bertz CT molecular complexity index is 690. The molecule has 0 aromatic heterocycles. The van der Waals surface area contributed by atoms with Crippen LogP contribution >= 0.6 is 24.0 Å². The molecule has 8 heteroatoms. The number of hydrogen-bond acceptors (Lipinski definition) is 4. The van der Waals surface area contributed by atoms with Gasteiger partial charge in [0.1, 0.15) is 0 Å². The summed E-state index contributed by atoms with van der Waals surface area (Å²) in [7, 11) is 3.98. The molecule has 162 valence electrons. The molecule has 1 aromatic rings. The number of halogens is 1. The molecule has 0 aliphatic carbocycles. The van der Waals surface area contributed by atoms with E-state index in [1.54, 1.807) is 7.05 Å². The molecule has 0 bridgehead atoms. The first-order valence-corrected chi connectivity index (χ1v) is 10.3. The van der Waals surface area contributed by atoms with Crippen molar-refractivity contribution < 1.29 is 4.79 Å². The molecule has 1 aromatic carbocycles. The highest BCUT2D eigenvalue weighted by molar-refractivity contribution is 14.0. The smallest absolute Gasteiger partial charge is 0.225 e. The molecule has 2 aliphatic heterocycles. The van der Waals surface area contributed by atoms with Crippen LogP contribution in [-0.4, -0.2) is 81.6 Å². The van der Waals surface area contributed by atoms with E-state index in [0.717, 1.165) is 50.9 Å². The SMILES string of the molecule is CN=C(NCC(C)CN1CCN(C)CC1)NCC1CC(=O)Nc2ccccc21.I. The van der Waals surface area contributed by atoms with Gasteiger partial charge in [-0.15, -0.1) is 24.0 Å². The zero-order chi connectivity index (χ0) is 19.9. The predicted octanol–water partition coefficient (Wildman–Crippen LogP) is 1.78. The van der Waals surface area contributed by atoms with Gasteiger partial charge in [0.15, 0.2) is 5.96 Å². The molecule has 1 amide bonds. The maximum atomic E-state index is 12.0. The number of benzene rings is 1. The highest BCUT2D eigenvalue weighted by Crippen LogP contribution is 2.31. The van der Waals surface area contributed by atoms with Crippen molar-refractivity contribution in [3.05, 3.63) is 29.8 Å². The zero-order valence-electron chi connectivity index (χ0n) is 17.8. The summed E-state index contributed by atoms with van der Waals surface area (Å²) in [6, 6.07) is 8.04. The lowest BCUT2D eigenvalue weighted by Crippen LogP contribution is -2.48. The highest BCUT2D eigenvalue weighted by Gasteiger charge is 2.24. The molecule has 2 heterocycles.